The summed E-state index contributed by atoms with van der Waals surface area (Å²) in [5.74, 6) is -0.225. The van der Waals surface area contributed by atoms with Crippen LogP contribution in [0.1, 0.15) is 31.2 Å². The van der Waals surface area contributed by atoms with E-state index >= 15 is 0 Å². The lowest BCUT2D eigenvalue weighted by atomic mass is 9.96. The molecule has 1 heterocycles. The summed E-state index contributed by atoms with van der Waals surface area (Å²) in [6.07, 6.45) is 4.30. The van der Waals surface area contributed by atoms with Gasteiger partial charge in [-0.05, 0) is 43.4 Å². The Morgan fingerprint density at radius 3 is 2.67 bits per heavy atom. The number of halogens is 1. The Hall–Kier alpha value is -1.62. The molecule has 1 saturated heterocycles. The number of benzene rings is 1. The van der Waals surface area contributed by atoms with Crippen LogP contribution in [-0.2, 0) is 10.2 Å². The van der Waals surface area contributed by atoms with Crippen LogP contribution in [0.4, 0.5) is 9.18 Å². The largest absolute Gasteiger partial charge is 0.376 e. The Bertz CT molecular complexity index is 494. The Balaban J connectivity index is 1.45. The number of ether oxygens (including phenoxy) is 1. The highest BCUT2D eigenvalue weighted by atomic mass is 19.1. The normalized spacial score (nSPS) is 22.8. The van der Waals surface area contributed by atoms with Gasteiger partial charge in [0.15, 0.2) is 0 Å². The van der Waals surface area contributed by atoms with Crippen molar-refractivity contribution in [3.63, 3.8) is 0 Å². The fourth-order valence-electron chi connectivity index (χ4n) is 2.85. The fourth-order valence-corrected chi connectivity index (χ4v) is 2.85. The smallest absolute Gasteiger partial charge is 0.314 e. The average molecular weight is 292 g/mol. The second-order valence-corrected chi connectivity index (χ2v) is 5.99. The third-order valence-corrected chi connectivity index (χ3v) is 4.41. The van der Waals surface area contributed by atoms with Crippen LogP contribution in [0.15, 0.2) is 24.3 Å². The molecule has 114 valence electrons. The van der Waals surface area contributed by atoms with Gasteiger partial charge in [-0.15, -0.1) is 0 Å². The summed E-state index contributed by atoms with van der Waals surface area (Å²) >= 11 is 0. The molecule has 1 aromatic carbocycles. The molecule has 4 nitrogen and oxygen atoms in total. The first-order valence-electron chi connectivity index (χ1n) is 7.57. The first-order chi connectivity index (χ1) is 10.2. The van der Waals surface area contributed by atoms with Crippen molar-refractivity contribution in [2.24, 2.45) is 0 Å². The molecule has 2 amide bonds. The molecule has 21 heavy (non-hydrogen) atoms. The van der Waals surface area contributed by atoms with E-state index in [2.05, 4.69) is 10.6 Å². The zero-order valence-electron chi connectivity index (χ0n) is 12.0. The van der Waals surface area contributed by atoms with E-state index in [1.807, 2.05) is 12.1 Å². The summed E-state index contributed by atoms with van der Waals surface area (Å²) in [6, 6.07) is 6.43. The standard InChI is InChI=1S/C16H21FN2O2/c17-13-5-3-12(4-6-13)16(7-8-16)11-19-15(20)18-10-14-2-1-9-21-14/h3-6,14H,1-2,7-11H2,(H2,18,19,20). The Kier molecular flexibility index (Phi) is 4.10. The van der Waals surface area contributed by atoms with Crippen LogP contribution in [0.25, 0.3) is 0 Å². The van der Waals surface area contributed by atoms with Gasteiger partial charge in [0.1, 0.15) is 5.82 Å². The third kappa shape index (κ3) is 3.53. The van der Waals surface area contributed by atoms with Crippen LogP contribution in [-0.4, -0.2) is 31.8 Å². The Labute approximate surface area is 124 Å². The number of hydrogen-bond donors (Lipinski definition) is 2. The first kappa shape index (κ1) is 14.3. The summed E-state index contributed by atoms with van der Waals surface area (Å²) in [4.78, 5) is 11.8. The van der Waals surface area contributed by atoms with Crippen LogP contribution < -0.4 is 10.6 Å². The molecule has 1 aromatic rings. The van der Waals surface area contributed by atoms with Crippen LogP contribution in [0.2, 0.25) is 0 Å². The molecular weight excluding hydrogens is 271 g/mol. The molecule has 0 aromatic heterocycles. The topological polar surface area (TPSA) is 50.4 Å². The van der Waals surface area contributed by atoms with Gasteiger partial charge in [0.05, 0.1) is 6.10 Å². The van der Waals surface area contributed by atoms with Gasteiger partial charge in [-0.25, -0.2) is 9.18 Å². The van der Waals surface area contributed by atoms with Crippen LogP contribution in [0, 0.1) is 5.82 Å². The summed E-state index contributed by atoms with van der Waals surface area (Å²) in [5.41, 5.74) is 1.10. The molecule has 0 spiro atoms. The molecule has 0 bridgehead atoms. The quantitative estimate of drug-likeness (QED) is 0.875. The molecule has 2 aliphatic rings. The zero-order valence-corrected chi connectivity index (χ0v) is 12.0. The van der Waals surface area contributed by atoms with Crippen molar-refractivity contribution < 1.29 is 13.9 Å². The van der Waals surface area contributed by atoms with Gasteiger partial charge in [0.2, 0.25) is 0 Å². The van der Waals surface area contributed by atoms with Crippen molar-refractivity contribution in [1.82, 2.24) is 10.6 Å². The number of urea groups is 1. The lowest BCUT2D eigenvalue weighted by molar-refractivity contribution is 0.111. The molecule has 1 aliphatic carbocycles. The molecule has 2 fully saturated rings. The molecule has 5 heteroatoms. The van der Waals surface area contributed by atoms with E-state index in [1.165, 1.54) is 12.1 Å². The highest BCUT2D eigenvalue weighted by Crippen LogP contribution is 2.47. The van der Waals surface area contributed by atoms with Crippen molar-refractivity contribution in [3.05, 3.63) is 35.6 Å². The van der Waals surface area contributed by atoms with E-state index in [4.69, 9.17) is 4.74 Å². The van der Waals surface area contributed by atoms with Crippen LogP contribution in [0.3, 0.4) is 0 Å². The number of nitrogens with one attached hydrogen (secondary N) is 2. The second-order valence-electron chi connectivity index (χ2n) is 5.99. The predicted octanol–water partition coefficient (Wildman–Crippen LogP) is 2.34. The lowest BCUT2D eigenvalue weighted by Gasteiger charge is -2.17. The second kappa shape index (κ2) is 6.02. The molecule has 3 rings (SSSR count). The van der Waals surface area contributed by atoms with Crippen LogP contribution >= 0.6 is 0 Å². The van der Waals surface area contributed by atoms with E-state index < -0.39 is 0 Å². The van der Waals surface area contributed by atoms with Gasteiger partial charge < -0.3 is 15.4 Å². The van der Waals surface area contributed by atoms with E-state index in [1.54, 1.807) is 0 Å². The number of rotatable bonds is 5. The van der Waals surface area contributed by atoms with Gasteiger partial charge in [-0.2, -0.15) is 0 Å². The third-order valence-electron chi connectivity index (χ3n) is 4.41. The van der Waals surface area contributed by atoms with E-state index in [0.29, 0.717) is 13.1 Å². The summed E-state index contributed by atoms with van der Waals surface area (Å²) in [7, 11) is 0. The minimum Gasteiger partial charge on any atom is -0.376 e. The highest BCUT2D eigenvalue weighted by Gasteiger charge is 2.44. The Morgan fingerprint density at radius 2 is 2.05 bits per heavy atom. The fraction of sp³-hybridized carbons (Fsp3) is 0.562. The maximum atomic E-state index is 13.0. The predicted molar refractivity (Wildman–Crippen MR) is 77.7 cm³/mol. The Morgan fingerprint density at radius 1 is 1.29 bits per heavy atom. The molecule has 0 radical (unpaired) electrons. The molecule has 2 N–H and O–H groups in total. The highest BCUT2D eigenvalue weighted by molar-refractivity contribution is 5.74. The van der Waals surface area contributed by atoms with Crippen molar-refractivity contribution >= 4 is 6.03 Å². The minimum atomic E-state index is -0.225. The average Bonchev–Trinajstić information content (AvgIpc) is 3.10. The number of hydrogen-bond acceptors (Lipinski definition) is 2. The maximum Gasteiger partial charge on any atom is 0.314 e. The monoisotopic (exact) mass is 292 g/mol. The lowest BCUT2D eigenvalue weighted by Crippen LogP contribution is -2.42. The molecule has 1 aliphatic heterocycles. The summed E-state index contributed by atoms with van der Waals surface area (Å²) in [5, 5.41) is 5.77. The van der Waals surface area contributed by atoms with E-state index in [-0.39, 0.29) is 23.4 Å². The van der Waals surface area contributed by atoms with Crippen molar-refractivity contribution in [2.75, 3.05) is 19.7 Å². The van der Waals surface area contributed by atoms with Gasteiger partial charge in [0, 0.05) is 25.1 Å². The molecule has 1 unspecified atom stereocenters. The molecule has 1 saturated carbocycles. The first-order valence-corrected chi connectivity index (χ1v) is 7.57. The SMILES string of the molecule is O=C(NCC1CCCO1)NCC1(c2ccc(F)cc2)CC1. The summed E-state index contributed by atoms with van der Waals surface area (Å²) in [6.45, 7) is 1.95. The van der Waals surface area contributed by atoms with Gasteiger partial charge in [-0.1, -0.05) is 12.1 Å². The maximum absolute atomic E-state index is 13.0. The van der Waals surface area contributed by atoms with E-state index in [9.17, 15) is 9.18 Å². The van der Waals surface area contributed by atoms with Gasteiger partial charge >= 0.3 is 6.03 Å². The number of carbonyl (C=O) groups excluding carboxylic acids is 1. The van der Waals surface area contributed by atoms with Crippen molar-refractivity contribution in [2.45, 2.75) is 37.2 Å². The summed E-state index contributed by atoms with van der Waals surface area (Å²) < 4.78 is 18.4. The molecule has 1 atom stereocenters. The van der Waals surface area contributed by atoms with Crippen LogP contribution in [0.5, 0.6) is 0 Å². The number of amides is 2. The van der Waals surface area contributed by atoms with Gasteiger partial charge in [0.25, 0.3) is 0 Å². The van der Waals surface area contributed by atoms with Gasteiger partial charge in [-0.3, -0.25) is 0 Å². The zero-order chi connectivity index (χ0) is 14.7. The minimum absolute atomic E-state index is 0.00506. The number of carbonyl (C=O) groups is 1. The van der Waals surface area contributed by atoms with Crippen molar-refractivity contribution in [3.8, 4) is 0 Å². The van der Waals surface area contributed by atoms with E-state index in [0.717, 1.165) is 37.9 Å². The molecular formula is C16H21FN2O2. The van der Waals surface area contributed by atoms with Crippen molar-refractivity contribution in [1.29, 1.82) is 0 Å².